The van der Waals surface area contributed by atoms with Crippen molar-refractivity contribution in [2.45, 2.75) is 26.3 Å². The van der Waals surface area contributed by atoms with Crippen LogP contribution in [0.15, 0.2) is 24.3 Å². The van der Waals surface area contributed by atoms with Crippen molar-refractivity contribution in [2.75, 3.05) is 13.6 Å². The smallest absolute Gasteiger partial charge is 0.258 e. The molecule has 0 spiro atoms. The molecule has 0 unspecified atom stereocenters. The summed E-state index contributed by atoms with van der Waals surface area (Å²) in [4.78, 5) is 10.4. The van der Waals surface area contributed by atoms with Crippen LogP contribution < -0.4 is 4.72 Å². The third-order valence-corrected chi connectivity index (χ3v) is 4.45. The number of para-hydroxylation sites is 1. The summed E-state index contributed by atoms with van der Waals surface area (Å²) in [6, 6.07) is 6.13. The number of nitro groups is 1. The van der Waals surface area contributed by atoms with E-state index in [1.54, 1.807) is 32.0 Å². The lowest BCUT2D eigenvalue weighted by Crippen LogP contribution is -2.42. The van der Waals surface area contributed by atoms with E-state index in [9.17, 15) is 18.5 Å². The first-order valence-corrected chi connectivity index (χ1v) is 7.64. The standard InChI is InChI=1S/C12H19N3O4S/c1-10(2)13-20(18,19)14(3)9-8-11-6-4-5-7-12(11)15(16)17/h4-7,10,13H,8-9H2,1-3H3. The molecule has 0 aliphatic rings. The molecule has 0 saturated carbocycles. The van der Waals surface area contributed by atoms with Crippen LogP contribution in [0.25, 0.3) is 0 Å². The van der Waals surface area contributed by atoms with Gasteiger partial charge in [-0.2, -0.15) is 17.4 Å². The predicted octanol–water partition coefficient (Wildman–Crippen LogP) is 1.31. The van der Waals surface area contributed by atoms with Gasteiger partial charge in [-0.25, -0.2) is 0 Å². The van der Waals surface area contributed by atoms with Gasteiger partial charge in [0, 0.05) is 31.3 Å². The first kappa shape index (κ1) is 16.5. The highest BCUT2D eigenvalue weighted by Crippen LogP contribution is 2.18. The minimum atomic E-state index is -3.55. The lowest BCUT2D eigenvalue weighted by Gasteiger charge is -2.19. The van der Waals surface area contributed by atoms with E-state index < -0.39 is 15.1 Å². The Morgan fingerprint density at radius 1 is 1.35 bits per heavy atom. The summed E-state index contributed by atoms with van der Waals surface area (Å²) >= 11 is 0. The number of nitrogens with one attached hydrogen (secondary N) is 1. The average Bonchev–Trinajstić information content (AvgIpc) is 2.34. The summed E-state index contributed by atoms with van der Waals surface area (Å²) in [5.74, 6) is 0. The van der Waals surface area contributed by atoms with Crippen LogP contribution in [0.2, 0.25) is 0 Å². The number of nitro benzene ring substituents is 1. The summed E-state index contributed by atoms with van der Waals surface area (Å²) in [6.45, 7) is 3.63. The highest BCUT2D eigenvalue weighted by molar-refractivity contribution is 7.87. The molecule has 7 nitrogen and oxygen atoms in total. The van der Waals surface area contributed by atoms with Gasteiger partial charge >= 0.3 is 0 Å². The fourth-order valence-electron chi connectivity index (χ4n) is 1.69. The lowest BCUT2D eigenvalue weighted by atomic mass is 10.1. The molecule has 1 N–H and O–H groups in total. The predicted molar refractivity (Wildman–Crippen MR) is 76.6 cm³/mol. The molecule has 0 aliphatic carbocycles. The van der Waals surface area contributed by atoms with Gasteiger partial charge in [-0.15, -0.1) is 0 Å². The zero-order valence-electron chi connectivity index (χ0n) is 11.7. The number of likely N-dealkylation sites (N-methyl/N-ethyl adjacent to an activating group) is 1. The van der Waals surface area contributed by atoms with Crippen molar-refractivity contribution in [3.8, 4) is 0 Å². The van der Waals surface area contributed by atoms with E-state index in [0.717, 1.165) is 4.31 Å². The first-order valence-electron chi connectivity index (χ1n) is 6.20. The number of hydrogen-bond acceptors (Lipinski definition) is 4. The Hall–Kier alpha value is -1.51. The molecule has 112 valence electrons. The number of rotatable bonds is 7. The van der Waals surface area contributed by atoms with Crippen molar-refractivity contribution < 1.29 is 13.3 Å². The third kappa shape index (κ3) is 4.55. The molecule has 0 bridgehead atoms. The molecule has 1 rings (SSSR count). The highest BCUT2D eigenvalue weighted by atomic mass is 32.2. The Labute approximate surface area is 118 Å². The van der Waals surface area contributed by atoms with Crippen LogP contribution in [-0.2, 0) is 16.6 Å². The molecular weight excluding hydrogens is 282 g/mol. The highest BCUT2D eigenvalue weighted by Gasteiger charge is 2.20. The Bertz CT molecular complexity index is 572. The van der Waals surface area contributed by atoms with Crippen molar-refractivity contribution in [2.24, 2.45) is 0 Å². The van der Waals surface area contributed by atoms with Crippen molar-refractivity contribution in [3.63, 3.8) is 0 Å². The van der Waals surface area contributed by atoms with Crippen LogP contribution in [0, 0.1) is 10.1 Å². The van der Waals surface area contributed by atoms with E-state index in [1.807, 2.05) is 0 Å². The lowest BCUT2D eigenvalue weighted by molar-refractivity contribution is -0.385. The molecule has 0 aliphatic heterocycles. The molecule has 1 aromatic rings. The van der Waals surface area contributed by atoms with E-state index >= 15 is 0 Å². The molecule has 0 atom stereocenters. The molecule has 0 amide bonds. The molecular formula is C12H19N3O4S. The van der Waals surface area contributed by atoms with Gasteiger partial charge in [0.2, 0.25) is 0 Å². The minimum Gasteiger partial charge on any atom is -0.258 e. The quantitative estimate of drug-likeness (QED) is 0.607. The summed E-state index contributed by atoms with van der Waals surface area (Å²) < 4.78 is 27.3. The second-order valence-corrected chi connectivity index (χ2v) is 6.54. The maximum atomic E-state index is 11.9. The SMILES string of the molecule is CC(C)NS(=O)(=O)N(C)CCc1ccccc1[N+](=O)[O-]. The minimum absolute atomic E-state index is 0.00937. The summed E-state index contributed by atoms with van der Waals surface area (Å²) in [6.07, 6.45) is 0.284. The van der Waals surface area contributed by atoms with E-state index in [2.05, 4.69) is 4.72 Å². The van der Waals surface area contributed by atoms with Gasteiger partial charge in [-0.1, -0.05) is 18.2 Å². The second kappa shape index (κ2) is 6.78. The van der Waals surface area contributed by atoms with Gasteiger partial charge in [0.05, 0.1) is 4.92 Å². The summed E-state index contributed by atoms with van der Waals surface area (Å²) in [5.41, 5.74) is 0.527. The fourth-order valence-corrected chi connectivity index (χ4v) is 2.79. The molecule has 0 heterocycles. The van der Waals surface area contributed by atoms with Gasteiger partial charge < -0.3 is 0 Å². The molecule has 0 fully saturated rings. The monoisotopic (exact) mass is 301 g/mol. The van der Waals surface area contributed by atoms with E-state index in [4.69, 9.17) is 0 Å². The van der Waals surface area contributed by atoms with Gasteiger partial charge in [-0.3, -0.25) is 10.1 Å². The van der Waals surface area contributed by atoms with Crippen LogP contribution in [0.1, 0.15) is 19.4 Å². The Kier molecular flexibility index (Phi) is 5.61. The number of hydrogen-bond donors (Lipinski definition) is 1. The Morgan fingerprint density at radius 2 is 1.95 bits per heavy atom. The normalized spacial score (nSPS) is 12.1. The topological polar surface area (TPSA) is 92.6 Å². The average molecular weight is 301 g/mol. The summed E-state index contributed by atoms with van der Waals surface area (Å²) in [7, 11) is -2.11. The molecule has 8 heteroatoms. The van der Waals surface area contributed by atoms with E-state index in [0.29, 0.717) is 5.56 Å². The van der Waals surface area contributed by atoms with Crippen molar-refractivity contribution in [3.05, 3.63) is 39.9 Å². The largest absolute Gasteiger partial charge is 0.279 e. The van der Waals surface area contributed by atoms with Crippen molar-refractivity contribution >= 4 is 15.9 Å². The maximum Gasteiger partial charge on any atom is 0.279 e. The Balaban J connectivity index is 2.75. The summed E-state index contributed by atoms with van der Waals surface area (Å²) in [5, 5.41) is 10.9. The second-order valence-electron chi connectivity index (χ2n) is 4.73. The van der Waals surface area contributed by atoms with Crippen molar-refractivity contribution in [1.82, 2.24) is 9.03 Å². The van der Waals surface area contributed by atoms with Crippen LogP contribution in [-0.4, -0.2) is 37.3 Å². The number of benzene rings is 1. The van der Waals surface area contributed by atoms with Gasteiger partial charge in [-0.05, 0) is 20.3 Å². The fraction of sp³-hybridized carbons (Fsp3) is 0.500. The molecule has 20 heavy (non-hydrogen) atoms. The molecule has 0 saturated heterocycles. The van der Waals surface area contributed by atoms with Crippen LogP contribution in [0.4, 0.5) is 5.69 Å². The van der Waals surface area contributed by atoms with Gasteiger partial charge in [0.15, 0.2) is 0 Å². The third-order valence-electron chi connectivity index (χ3n) is 2.68. The van der Waals surface area contributed by atoms with Gasteiger partial charge in [0.1, 0.15) is 0 Å². The van der Waals surface area contributed by atoms with E-state index in [-0.39, 0.29) is 24.7 Å². The zero-order valence-corrected chi connectivity index (χ0v) is 12.6. The Morgan fingerprint density at radius 3 is 2.50 bits per heavy atom. The van der Waals surface area contributed by atoms with Crippen LogP contribution in [0.5, 0.6) is 0 Å². The molecule has 0 aromatic heterocycles. The van der Waals surface area contributed by atoms with E-state index in [1.165, 1.54) is 13.1 Å². The molecule has 1 aromatic carbocycles. The maximum absolute atomic E-state index is 11.9. The number of nitrogens with zero attached hydrogens (tertiary/aromatic N) is 2. The zero-order chi connectivity index (χ0) is 15.3. The van der Waals surface area contributed by atoms with Crippen LogP contribution >= 0.6 is 0 Å². The van der Waals surface area contributed by atoms with Crippen LogP contribution in [0.3, 0.4) is 0 Å². The first-order chi connectivity index (χ1) is 9.24. The molecule has 0 radical (unpaired) electrons. The van der Waals surface area contributed by atoms with Gasteiger partial charge in [0.25, 0.3) is 15.9 Å². The van der Waals surface area contributed by atoms with Crippen molar-refractivity contribution in [1.29, 1.82) is 0 Å².